The maximum atomic E-state index is 6.23. The lowest BCUT2D eigenvalue weighted by Crippen LogP contribution is -2.16. The van der Waals surface area contributed by atoms with Crippen molar-refractivity contribution in [3.8, 4) is 0 Å². The van der Waals surface area contributed by atoms with Crippen molar-refractivity contribution < 1.29 is 0 Å². The van der Waals surface area contributed by atoms with Crippen molar-refractivity contribution in [2.75, 3.05) is 0 Å². The minimum absolute atomic E-state index is 0.456. The van der Waals surface area contributed by atoms with Crippen molar-refractivity contribution in [2.45, 2.75) is 57.7 Å². The maximum absolute atomic E-state index is 6.23. The summed E-state index contributed by atoms with van der Waals surface area (Å²) in [5.74, 6) is 1.71. The molecule has 72 valence electrons. The van der Waals surface area contributed by atoms with E-state index in [2.05, 4.69) is 13.8 Å². The minimum atomic E-state index is 0.456. The molecule has 0 aromatic rings. The number of rotatable bonds is 1. The van der Waals surface area contributed by atoms with E-state index in [1.807, 2.05) is 0 Å². The van der Waals surface area contributed by atoms with Crippen LogP contribution in [-0.4, -0.2) is 5.38 Å². The molecule has 0 amide bonds. The Kier molecular flexibility index (Phi) is 4.42. The second kappa shape index (κ2) is 5.11. The first-order chi connectivity index (χ1) is 5.70. The van der Waals surface area contributed by atoms with Gasteiger partial charge < -0.3 is 0 Å². The smallest absolute Gasteiger partial charge is 0.0338 e. The van der Waals surface area contributed by atoms with Gasteiger partial charge in [-0.3, -0.25) is 0 Å². The van der Waals surface area contributed by atoms with Gasteiger partial charge >= 0.3 is 0 Å². The summed E-state index contributed by atoms with van der Waals surface area (Å²) < 4.78 is 0. The van der Waals surface area contributed by atoms with Crippen molar-refractivity contribution in [3.05, 3.63) is 0 Å². The molecule has 0 spiro atoms. The van der Waals surface area contributed by atoms with Gasteiger partial charge in [0.15, 0.2) is 0 Å². The van der Waals surface area contributed by atoms with Crippen molar-refractivity contribution in [3.63, 3.8) is 0 Å². The highest BCUT2D eigenvalue weighted by molar-refractivity contribution is 6.20. The summed E-state index contributed by atoms with van der Waals surface area (Å²) in [6, 6.07) is 0. The van der Waals surface area contributed by atoms with E-state index in [0.29, 0.717) is 5.38 Å². The van der Waals surface area contributed by atoms with Crippen LogP contribution in [0, 0.1) is 11.8 Å². The summed E-state index contributed by atoms with van der Waals surface area (Å²) in [5, 5.41) is 0.456. The van der Waals surface area contributed by atoms with E-state index in [1.54, 1.807) is 0 Å². The highest BCUT2D eigenvalue weighted by Gasteiger charge is 2.19. The molecule has 12 heavy (non-hydrogen) atoms. The first kappa shape index (κ1) is 10.4. The molecule has 2 atom stereocenters. The summed E-state index contributed by atoms with van der Waals surface area (Å²) in [6.45, 7) is 4.66. The second-order valence-corrected chi connectivity index (χ2v) is 5.09. The molecule has 0 saturated heterocycles. The molecular formula is C11H21Cl. The molecule has 0 aromatic carbocycles. The van der Waals surface area contributed by atoms with E-state index in [4.69, 9.17) is 11.6 Å². The molecule has 0 aliphatic heterocycles. The van der Waals surface area contributed by atoms with Crippen LogP contribution in [0.5, 0.6) is 0 Å². The Balaban J connectivity index is 2.38. The van der Waals surface area contributed by atoms with Gasteiger partial charge in [-0.25, -0.2) is 0 Å². The first-order valence-electron chi connectivity index (χ1n) is 5.34. The number of hydrogen-bond donors (Lipinski definition) is 0. The lowest BCUT2D eigenvalue weighted by Gasteiger charge is -2.25. The Morgan fingerprint density at radius 2 is 1.75 bits per heavy atom. The van der Waals surface area contributed by atoms with E-state index in [0.717, 1.165) is 11.8 Å². The first-order valence-corrected chi connectivity index (χ1v) is 5.78. The molecular weight excluding hydrogens is 168 g/mol. The maximum Gasteiger partial charge on any atom is 0.0338 e. The molecule has 0 bridgehead atoms. The standard InChI is InChI=1S/C11H21Cl/c1-9(2)10-6-4-3-5-7-11(12)8-10/h9-11H,3-8H2,1-2H3. The Hall–Kier alpha value is 0.290. The summed E-state index contributed by atoms with van der Waals surface area (Å²) in [4.78, 5) is 0. The highest BCUT2D eigenvalue weighted by Crippen LogP contribution is 2.30. The predicted octanol–water partition coefficient (Wildman–Crippen LogP) is 4.22. The molecule has 1 rings (SSSR count). The third-order valence-corrected chi connectivity index (χ3v) is 3.49. The molecule has 1 heteroatoms. The largest absolute Gasteiger partial charge is 0.123 e. The fourth-order valence-electron chi connectivity index (χ4n) is 2.12. The van der Waals surface area contributed by atoms with Gasteiger partial charge in [-0.1, -0.05) is 39.5 Å². The third kappa shape index (κ3) is 3.35. The molecule has 0 N–H and O–H groups in total. The molecule has 0 radical (unpaired) electrons. The quantitative estimate of drug-likeness (QED) is 0.541. The fraction of sp³-hybridized carbons (Fsp3) is 1.00. The van der Waals surface area contributed by atoms with Gasteiger partial charge in [0.05, 0.1) is 0 Å². The molecule has 0 heterocycles. The SMILES string of the molecule is CC(C)C1CCCCCC(Cl)C1. The topological polar surface area (TPSA) is 0 Å². The average molecular weight is 189 g/mol. The molecule has 1 aliphatic rings. The summed E-state index contributed by atoms with van der Waals surface area (Å²) in [5.41, 5.74) is 0. The highest BCUT2D eigenvalue weighted by atomic mass is 35.5. The van der Waals surface area contributed by atoms with Gasteiger partial charge in [0.1, 0.15) is 0 Å². The van der Waals surface area contributed by atoms with Crippen LogP contribution in [-0.2, 0) is 0 Å². The van der Waals surface area contributed by atoms with E-state index in [1.165, 1.54) is 38.5 Å². The lowest BCUT2D eigenvalue weighted by molar-refractivity contribution is 0.300. The molecule has 1 saturated carbocycles. The van der Waals surface area contributed by atoms with Crippen LogP contribution in [0.25, 0.3) is 0 Å². The van der Waals surface area contributed by atoms with E-state index >= 15 is 0 Å². The van der Waals surface area contributed by atoms with Crippen molar-refractivity contribution in [1.29, 1.82) is 0 Å². The summed E-state index contributed by atoms with van der Waals surface area (Å²) in [6.07, 6.45) is 8.06. The van der Waals surface area contributed by atoms with Crippen LogP contribution in [0.15, 0.2) is 0 Å². The molecule has 2 unspecified atom stereocenters. The molecule has 1 aliphatic carbocycles. The zero-order valence-corrected chi connectivity index (χ0v) is 9.11. The van der Waals surface area contributed by atoms with Crippen molar-refractivity contribution >= 4 is 11.6 Å². The fourth-order valence-corrected chi connectivity index (χ4v) is 2.50. The van der Waals surface area contributed by atoms with Crippen LogP contribution < -0.4 is 0 Å². The molecule has 1 fully saturated rings. The monoisotopic (exact) mass is 188 g/mol. The Morgan fingerprint density at radius 3 is 2.42 bits per heavy atom. The van der Waals surface area contributed by atoms with Gasteiger partial charge in [0.2, 0.25) is 0 Å². The molecule has 0 nitrogen and oxygen atoms in total. The Bertz CT molecular complexity index is 120. The number of alkyl halides is 1. The summed E-state index contributed by atoms with van der Waals surface area (Å²) >= 11 is 6.23. The zero-order valence-electron chi connectivity index (χ0n) is 8.35. The number of hydrogen-bond acceptors (Lipinski definition) is 0. The Morgan fingerprint density at radius 1 is 1.08 bits per heavy atom. The third-order valence-electron chi connectivity index (χ3n) is 3.09. The van der Waals surface area contributed by atoms with Gasteiger partial charge in [0, 0.05) is 5.38 Å². The van der Waals surface area contributed by atoms with Gasteiger partial charge in [0.25, 0.3) is 0 Å². The summed E-state index contributed by atoms with van der Waals surface area (Å²) in [7, 11) is 0. The van der Waals surface area contributed by atoms with E-state index < -0.39 is 0 Å². The second-order valence-electron chi connectivity index (χ2n) is 4.48. The normalized spacial score (nSPS) is 33.0. The lowest BCUT2D eigenvalue weighted by atomic mass is 9.83. The predicted molar refractivity (Wildman–Crippen MR) is 55.7 cm³/mol. The molecule has 0 aromatic heterocycles. The van der Waals surface area contributed by atoms with Crippen molar-refractivity contribution in [1.82, 2.24) is 0 Å². The minimum Gasteiger partial charge on any atom is -0.123 e. The Labute approximate surface area is 81.7 Å². The zero-order chi connectivity index (χ0) is 8.97. The van der Waals surface area contributed by atoms with E-state index in [9.17, 15) is 0 Å². The van der Waals surface area contributed by atoms with Crippen LogP contribution in [0.2, 0.25) is 0 Å². The number of halogens is 1. The van der Waals surface area contributed by atoms with Gasteiger partial charge in [-0.05, 0) is 24.7 Å². The van der Waals surface area contributed by atoms with E-state index in [-0.39, 0.29) is 0 Å². The average Bonchev–Trinajstić information content (AvgIpc) is 1.95. The van der Waals surface area contributed by atoms with Crippen LogP contribution in [0.3, 0.4) is 0 Å². The van der Waals surface area contributed by atoms with Gasteiger partial charge in [-0.15, -0.1) is 11.6 Å². The van der Waals surface area contributed by atoms with Crippen LogP contribution >= 0.6 is 11.6 Å². The van der Waals surface area contributed by atoms with Gasteiger partial charge in [-0.2, -0.15) is 0 Å². The van der Waals surface area contributed by atoms with Crippen LogP contribution in [0.4, 0.5) is 0 Å². The van der Waals surface area contributed by atoms with Crippen molar-refractivity contribution in [2.24, 2.45) is 11.8 Å². The van der Waals surface area contributed by atoms with Crippen LogP contribution in [0.1, 0.15) is 52.4 Å².